The Kier molecular flexibility index (Phi) is 8.16. The van der Waals surface area contributed by atoms with E-state index in [1.807, 2.05) is 48.9 Å². The van der Waals surface area contributed by atoms with Crippen LogP contribution in [0.15, 0.2) is 36.7 Å². The number of nitrogens with zero attached hydrogens (tertiary/aromatic N) is 4. The van der Waals surface area contributed by atoms with E-state index in [9.17, 15) is 13.2 Å². The Balaban J connectivity index is 1.64. The van der Waals surface area contributed by atoms with Gasteiger partial charge in [0.05, 0.1) is 17.1 Å². The first-order valence-electron chi connectivity index (χ1n) is 13.2. The zero-order chi connectivity index (χ0) is 27.7. The normalized spacial score (nSPS) is 16.9. The number of aromatic nitrogens is 3. The topological polar surface area (TPSA) is 94.4 Å². The van der Waals surface area contributed by atoms with Gasteiger partial charge in [-0.25, -0.2) is 18.4 Å². The molecule has 3 heterocycles. The van der Waals surface area contributed by atoms with Gasteiger partial charge in [0.15, 0.2) is 15.5 Å². The van der Waals surface area contributed by atoms with Crippen LogP contribution in [-0.4, -0.2) is 68.5 Å². The van der Waals surface area contributed by atoms with Crippen LogP contribution in [-0.2, 0) is 32.5 Å². The van der Waals surface area contributed by atoms with Crippen LogP contribution < -0.4 is 4.90 Å². The number of ether oxygens (including phenoxy) is 1. The van der Waals surface area contributed by atoms with Gasteiger partial charge in [0.1, 0.15) is 18.5 Å². The van der Waals surface area contributed by atoms with Crippen molar-refractivity contribution in [2.45, 2.75) is 64.4 Å². The number of carbonyl (C=O) groups excluding carboxylic acids is 1. The predicted octanol–water partition coefficient (Wildman–Crippen LogP) is 4.80. The molecule has 38 heavy (non-hydrogen) atoms. The van der Waals surface area contributed by atoms with E-state index >= 15 is 0 Å². The van der Waals surface area contributed by atoms with Gasteiger partial charge in [0.2, 0.25) is 0 Å². The summed E-state index contributed by atoms with van der Waals surface area (Å²) in [4.78, 5) is 23.6. The highest BCUT2D eigenvalue weighted by atomic mass is 32.2. The summed E-state index contributed by atoms with van der Waals surface area (Å²) in [5.74, 6) is 0. The summed E-state index contributed by atoms with van der Waals surface area (Å²) in [7, 11) is -4.25. The van der Waals surface area contributed by atoms with Gasteiger partial charge in [-0.05, 0) is 36.6 Å². The molecule has 206 valence electrons. The summed E-state index contributed by atoms with van der Waals surface area (Å²) in [5.41, 5.74) is 4.58. The molecule has 0 amide bonds. The molecule has 1 aromatic carbocycles. The van der Waals surface area contributed by atoms with Crippen molar-refractivity contribution in [2.24, 2.45) is 5.41 Å². The Hall–Kier alpha value is -2.56. The van der Waals surface area contributed by atoms with Gasteiger partial charge in [-0.1, -0.05) is 45.6 Å². The average molecular weight is 557 g/mol. The third kappa shape index (κ3) is 6.89. The molecule has 3 aromatic rings. The molecule has 10 heteroatoms. The lowest BCUT2D eigenvalue weighted by molar-refractivity contribution is -0.114. The number of hydrogen-bond donors (Lipinski definition) is 0. The average Bonchev–Trinajstić information content (AvgIpc) is 3.47. The van der Waals surface area contributed by atoms with Gasteiger partial charge < -0.3 is 19.0 Å². The number of benzene rings is 1. The van der Waals surface area contributed by atoms with Crippen LogP contribution in [0.4, 0.5) is 5.69 Å². The molecule has 0 bridgehead atoms. The van der Waals surface area contributed by atoms with Crippen molar-refractivity contribution in [3.8, 4) is 11.3 Å². The van der Waals surface area contributed by atoms with E-state index in [2.05, 4.69) is 24.5 Å². The molecule has 1 aliphatic rings. The van der Waals surface area contributed by atoms with Crippen LogP contribution in [0, 0.1) is 5.41 Å². The highest BCUT2D eigenvalue weighted by Gasteiger charge is 2.30. The standard InChI is InChI=1S/C28H40N4O4SSi/c1-28(2,19-33)15-22-17-32(20-36-12-13-38(4,5)6)27-26(22)30-25(16-29-27)21-8-7-9-23(14-21)31-11-10-24(18-31)37(3,34)35/h7-9,14,16-17,19,24H,10-13,15,18,20H2,1-6H3. The van der Waals surface area contributed by atoms with Gasteiger partial charge in [0.25, 0.3) is 0 Å². The summed E-state index contributed by atoms with van der Waals surface area (Å²) in [6.45, 7) is 13.1. The van der Waals surface area contributed by atoms with Crippen LogP contribution in [0.1, 0.15) is 25.8 Å². The largest absolute Gasteiger partial charge is 0.370 e. The van der Waals surface area contributed by atoms with Gasteiger partial charge >= 0.3 is 0 Å². The molecule has 0 spiro atoms. The molecule has 1 atom stereocenters. The number of fused-ring (bicyclic) bond motifs is 1. The second-order valence-corrected chi connectivity index (χ2v) is 20.4. The summed E-state index contributed by atoms with van der Waals surface area (Å²) in [6.07, 6.45) is 7.28. The minimum Gasteiger partial charge on any atom is -0.370 e. The summed E-state index contributed by atoms with van der Waals surface area (Å²) in [5, 5.41) is -0.334. The molecule has 4 rings (SSSR count). The fraction of sp³-hybridized carbons (Fsp3) is 0.536. The van der Waals surface area contributed by atoms with Crippen molar-refractivity contribution in [3.05, 3.63) is 42.2 Å². The fourth-order valence-corrected chi connectivity index (χ4v) is 6.47. The van der Waals surface area contributed by atoms with Crippen molar-refractivity contribution in [1.82, 2.24) is 14.5 Å². The minimum atomic E-state index is -3.07. The van der Waals surface area contributed by atoms with Crippen LogP contribution in [0.5, 0.6) is 0 Å². The lowest BCUT2D eigenvalue weighted by atomic mass is 9.88. The molecule has 1 unspecified atom stereocenters. The van der Waals surface area contributed by atoms with Crippen LogP contribution in [0.2, 0.25) is 25.7 Å². The van der Waals surface area contributed by atoms with Crippen molar-refractivity contribution >= 4 is 41.0 Å². The van der Waals surface area contributed by atoms with E-state index in [4.69, 9.17) is 14.7 Å². The molecule has 1 fully saturated rings. The van der Waals surface area contributed by atoms with E-state index < -0.39 is 23.3 Å². The second-order valence-electron chi connectivity index (χ2n) is 12.4. The highest BCUT2D eigenvalue weighted by Crippen LogP contribution is 2.31. The highest BCUT2D eigenvalue weighted by molar-refractivity contribution is 7.91. The SMILES string of the molecule is CC(C)(C=O)Cc1cn(COCC[Si](C)(C)C)c2ncc(-c3cccc(N4CCC(S(C)(=O)=O)C4)c3)nc12. The first kappa shape index (κ1) is 28.4. The molecule has 8 nitrogen and oxygen atoms in total. The first-order chi connectivity index (χ1) is 17.8. The molecule has 0 saturated carbocycles. The molecule has 0 aliphatic carbocycles. The number of anilines is 1. The van der Waals surface area contributed by atoms with Crippen molar-refractivity contribution in [3.63, 3.8) is 0 Å². The number of sulfone groups is 1. The van der Waals surface area contributed by atoms with Crippen molar-refractivity contribution < 1.29 is 17.9 Å². The molecule has 0 radical (unpaired) electrons. The molecular formula is C28H40N4O4SSi. The Morgan fingerprint density at radius 2 is 2.00 bits per heavy atom. The minimum absolute atomic E-state index is 0.334. The van der Waals surface area contributed by atoms with E-state index in [-0.39, 0.29) is 5.25 Å². The molecule has 2 aromatic heterocycles. The Bertz CT molecular complexity index is 1410. The lowest BCUT2D eigenvalue weighted by Gasteiger charge is -2.19. The van der Waals surface area contributed by atoms with Crippen molar-refractivity contribution in [2.75, 3.05) is 30.9 Å². The smallest absolute Gasteiger partial charge is 0.160 e. The predicted molar refractivity (Wildman–Crippen MR) is 156 cm³/mol. The second kappa shape index (κ2) is 10.9. The number of hydrogen-bond acceptors (Lipinski definition) is 7. The third-order valence-corrected chi connectivity index (χ3v) is 10.4. The number of aldehydes is 1. The third-order valence-electron chi connectivity index (χ3n) is 7.09. The van der Waals surface area contributed by atoms with Gasteiger partial charge in [0, 0.05) is 56.9 Å². The first-order valence-corrected chi connectivity index (χ1v) is 18.8. The quantitative estimate of drug-likeness (QED) is 0.190. The fourth-order valence-electron chi connectivity index (χ4n) is 4.73. The van der Waals surface area contributed by atoms with E-state index in [0.29, 0.717) is 39.3 Å². The van der Waals surface area contributed by atoms with Crippen LogP contribution in [0.3, 0.4) is 0 Å². The zero-order valence-corrected chi connectivity index (χ0v) is 25.2. The molecular weight excluding hydrogens is 516 g/mol. The maximum Gasteiger partial charge on any atom is 0.160 e. The summed E-state index contributed by atoms with van der Waals surface area (Å²) < 4.78 is 32.0. The molecule has 0 N–H and O–H groups in total. The Labute approximate surface area is 227 Å². The number of carbonyl (C=O) groups is 1. The number of rotatable bonds is 11. The van der Waals surface area contributed by atoms with E-state index in [1.165, 1.54) is 6.26 Å². The van der Waals surface area contributed by atoms with E-state index in [0.717, 1.165) is 46.0 Å². The molecule has 1 saturated heterocycles. The Morgan fingerprint density at radius 1 is 1.24 bits per heavy atom. The maximum atomic E-state index is 12.0. The van der Waals surface area contributed by atoms with Crippen LogP contribution >= 0.6 is 0 Å². The van der Waals surface area contributed by atoms with Gasteiger partial charge in [-0.2, -0.15) is 0 Å². The summed E-state index contributed by atoms with van der Waals surface area (Å²) in [6, 6.07) is 9.11. The van der Waals surface area contributed by atoms with Gasteiger partial charge in [-0.15, -0.1) is 0 Å². The van der Waals surface area contributed by atoms with E-state index in [1.54, 1.807) is 6.20 Å². The molecule has 1 aliphatic heterocycles. The monoisotopic (exact) mass is 556 g/mol. The van der Waals surface area contributed by atoms with Crippen LogP contribution in [0.25, 0.3) is 22.4 Å². The maximum absolute atomic E-state index is 12.0. The lowest BCUT2D eigenvalue weighted by Crippen LogP contribution is -2.26. The Morgan fingerprint density at radius 3 is 2.66 bits per heavy atom. The van der Waals surface area contributed by atoms with Gasteiger partial charge in [-0.3, -0.25) is 0 Å². The van der Waals surface area contributed by atoms with Crippen molar-refractivity contribution in [1.29, 1.82) is 0 Å². The zero-order valence-electron chi connectivity index (χ0n) is 23.4. The summed E-state index contributed by atoms with van der Waals surface area (Å²) >= 11 is 0.